The van der Waals surface area contributed by atoms with Gasteiger partial charge in [-0.05, 0) is 19.9 Å². The predicted molar refractivity (Wildman–Crippen MR) is 136 cm³/mol. The highest BCUT2D eigenvalue weighted by Crippen LogP contribution is 2.38. The number of hydrogen-bond donors (Lipinski definition) is 2. The van der Waals surface area contributed by atoms with Crippen LogP contribution in [0, 0.1) is 6.92 Å². The minimum atomic E-state index is -1.72. The maximum atomic E-state index is 12.7. The van der Waals surface area contributed by atoms with Gasteiger partial charge in [0.05, 0.1) is 6.61 Å². The van der Waals surface area contributed by atoms with Crippen LogP contribution >= 0.6 is 11.3 Å². The first-order valence-corrected chi connectivity index (χ1v) is 12.5. The third-order valence-corrected chi connectivity index (χ3v) is 7.19. The van der Waals surface area contributed by atoms with Crippen LogP contribution in [0.1, 0.15) is 35.2 Å². The number of ether oxygens (including phenoxy) is 1. The third kappa shape index (κ3) is 4.49. The highest BCUT2D eigenvalue weighted by molar-refractivity contribution is 7.19. The molecule has 1 amide bonds. The predicted octanol–water partition coefficient (Wildman–Crippen LogP) is 3.48. The molecule has 4 aromatic rings. The number of thiazole rings is 1. The van der Waals surface area contributed by atoms with Crippen LogP contribution in [0.4, 0.5) is 10.8 Å². The zero-order chi connectivity index (χ0) is 26.3. The summed E-state index contributed by atoms with van der Waals surface area (Å²) in [5.41, 5.74) is 1.30. The van der Waals surface area contributed by atoms with Crippen LogP contribution in [0.5, 0.6) is 0 Å². The number of hydrogen-bond acceptors (Lipinski definition) is 10. The van der Waals surface area contributed by atoms with Gasteiger partial charge >= 0.3 is 5.97 Å². The van der Waals surface area contributed by atoms with E-state index in [1.54, 1.807) is 24.7 Å². The van der Waals surface area contributed by atoms with Crippen molar-refractivity contribution in [2.24, 2.45) is 7.05 Å². The SMILES string of the molecule is CCOC(=O)c1nc(-c2cccc(-c3cc([C@]4(O)CCN(C)C4=O)on3)c2)sc1Nc1nn(C)cc1C. The number of aryl methyl sites for hydroxylation is 2. The maximum absolute atomic E-state index is 12.7. The minimum Gasteiger partial charge on any atom is -0.461 e. The Morgan fingerprint density at radius 3 is 2.76 bits per heavy atom. The molecule has 3 aromatic heterocycles. The van der Waals surface area contributed by atoms with Crippen molar-refractivity contribution in [2.45, 2.75) is 25.9 Å². The molecular weight excluding hydrogens is 496 g/mol. The first-order valence-electron chi connectivity index (χ1n) is 11.7. The van der Waals surface area contributed by atoms with Crippen LogP contribution in [-0.4, -0.2) is 62.0 Å². The quantitative estimate of drug-likeness (QED) is 0.350. The summed E-state index contributed by atoms with van der Waals surface area (Å²) < 4.78 is 12.3. The van der Waals surface area contributed by atoms with Gasteiger partial charge in [-0.2, -0.15) is 5.10 Å². The Kier molecular flexibility index (Phi) is 6.30. The first kappa shape index (κ1) is 24.7. The fourth-order valence-electron chi connectivity index (χ4n) is 4.20. The Balaban J connectivity index is 1.48. The molecule has 12 heteroatoms. The number of anilines is 2. The molecule has 0 aliphatic carbocycles. The average Bonchev–Trinajstić information content (AvgIpc) is 3.65. The molecule has 1 aromatic carbocycles. The van der Waals surface area contributed by atoms with E-state index in [4.69, 9.17) is 9.26 Å². The number of benzene rings is 1. The zero-order valence-corrected chi connectivity index (χ0v) is 21.6. The lowest BCUT2D eigenvalue weighted by molar-refractivity contribution is -0.144. The second kappa shape index (κ2) is 9.45. The number of nitrogens with one attached hydrogen (secondary N) is 1. The van der Waals surface area contributed by atoms with E-state index in [0.29, 0.717) is 33.6 Å². The van der Waals surface area contributed by atoms with Crippen molar-refractivity contribution in [1.82, 2.24) is 24.8 Å². The Bertz CT molecular complexity index is 1490. The van der Waals surface area contributed by atoms with Gasteiger partial charge in [-0.25, -0.2) is 9.78 Å². The van der Waals surface area contributed by atoms with Gasteiger partial charge in [0.1, 0.15) is 15.7 Å². The van der Waals surface area contributed by atoms with E-state index in [1.165, 1.54) is 16.2 Å². The van der Waals surface area contributed by atoms with Gasteiger partial charge in [0, 0.05) is 56.0 Å². The van der Waals surface area contributed by atoms with Gasteiger partial charge in [0.2, 0.25) is 5.60 Å². The van der Waals surface area contributed by atoms with Crippen molar-refractivity contribution in [3.63, 3.8) is 0 Å². The number of carbonyl (C=O) groups excluding carboxylic acids is 2. The molecule has 1 atom stereocenters. The molecule has 0 unspecified atom stereocenters. The van der Waals surface area contributed by atoms with Crippen LogP contribution < -0.4 is 5.32 Å². The van der Waals surface area contributed by atoms with Crippen molar-refractivity contribution in [1.29, 1.82) is 0 Å². The molecule has 192 valence electrons. The van der Waals surface area contributed by atoms with E-state index in [-0.39, 0.29) is 24.5 Å². The molecular formula is C25H26N6O5S. The van der Waals surface area contributed by atoms with E-state index in [2.05, 4.69) is 20.6 Å². The summed E-state index contributed by atoms with van der Waals surface area (Å²) in [4.78, 5) is 31.1. The summed E-state index contributed by atoms with van der Waals surface area (Å²) >= 11 is 1.30. The van der Waals surface area contributed by atoms with Gasteiger partial charge in [0.15, 0.2) is 17.3 Å². The molecule has 0 radical (unpaired) electrons. The van der Waals surface area contributed by atoms with Crippen molar-refractivity contribution in [3.8, 4) is 21.8 Å². The summed E-state index contributed by atoms with van der Waals surface area (Å²) in [5, 5.41) is 23.7. The molecule has 0 bridgehead atoms. The normalized spacial score (nSPS) is 17.4. The Labute approximate surface area is 216 Å². The smallest absolute Gasteiger partial charge is 0.360 e. The Hall–Kier alpha value is -4.03. The minimum absolute atomic E-state index is 0.110. The highest BCUT2D eigenvalue weighted by atomic mass is 32.1. The van der Waals surface area contributed by atoms with Gasteiger partial charge in [-0.15, -0.1) is 0 Å². The van der Waals surface area contributed by atoms with Crippen LogP contribution in [0.15, 0.2) is 41.1 Å². The molecule has 5 rings (SSSR count). The lowest BCUT2D eigenvalue weighted by Gasteiger charge is -2.16. The van der Waals surface area contributed by atoms with Gasteiger partial charge in [0.25, 0.3) is 5.91 Å². The molecule has 0 saturated carbocycles. The number of amides is 1. The Morgan fingerprint density at radius 1 is 1.30 bits per heavy atom. The van der Waals surface area contributed by atoms with Crippen molar-refractivity contribution in [3.05, 3.63) is 53.5 Å². The third-order valence-electron chi connectivity index (χ3n) is 6.17. The molecule has 11 nitrogen and oxygen atoms in total. The number of rotatable bonds is 7. The molecule has 1 aliphatic rings. The summed E-state index contributed by atoms with van der Waals surface area (Å²) in [6, 6.07) is 8.99. The highest BCUT2D eigenvalue weighted by Gasteiger charge is 2.48. The summed E-state index contributed by atoms with van der Waals surface area (Å²) in [7, 11) is 3.46. The largest absolute Gasteiger partial charge is 0.461 e. The van der Waals surface area contributed by atoms with E-state index < -0.39 is 17.5 Å². The molecule has 0 spiro atoms. The van der Waals surface area contributed by atoms with E-state index in [0.717, 1.165) is 11.1 Å². The lowest BCUT2D eigenvalue weighted by atomic mass is 9.98. The van der Waals surface area contributed by atoms with Crippen LogP contribution in [0.2, 0.25) is 0 Å². The number of aromatic nitrogens is 4. The van der Waals surface area contributed by atoms with E-state index >= 15 is 0 Å². The number of carbonyl (C=O) groups is 2. The molecule has 37 heavy (non-hydrogen) atoms. The van der Waals surface area contributed by atoms with Crippen LogP contribution in [0.3, 0.4) is 0 Å². The number of esters is 1. The van der Waals surface area contributed by atoms with Crippen molar-refractivity contribution in [2.75, 3.05) is 25.5 Å². The molecule has 1 aliphatic heterocycles. The van der Waals surface area contributed by atoms with Gasteiger partial charge < -0.3 is 24.6 Å². The summed E-state index contributed by atoms with van der Waals surface area (Å²) in [6.45, 7) is 4.32. The van der Waals surface area contributed by atoms with Gasteiger partial charge in [-0.3, -0.25) is 9.48 Å². The zero-order valence-electron chi connectivity index (χ0n) is 20.8. The fraction of sp³-hybridized carbons (Fsp3) is 0.320. The van der Waals surface area contributed by atoms with Crippen LogP contribution in [0.25, 0.3) is 21.8 Å². The number of aliphatic hydroxyl groups is 1. The average molecular weight is 523 g/mol. The van der Waals surface area contributed by atoms with Crippen LogP contribution in [-0.2, 0) is 22.2 Å². The Morgan fingerprint density at radius 2 is 2.08 bits per heavy atom. The van der Waals surface area contributed by atoms with Gasteiger partial charge in [-0.1, -0.05) is 34.7 Å². The molecule has 1 fully saturated rings. The molecule has 4 heterocycles. The first-order chi connectivity index (χ1) is 17.7. The monoisotopic (exact) mass is 522 g/mol. The van der Waals surface area contributed by atoms with E-state index in [9.17, 15) is 14.7 Å². The molecule has 1 saturated heterocycles. The van der Waals surface area contributed by atoms with E-state index in [1.807, 2.05) is 44.4 Å². The number of nitrogens with zero attached hydrogens (tertiary/aromatic N) is 5. The maximum Gasteiger partial charge on any atom is 0.360 e. The lowest BCUT2D eigenvalue weighted by Crippen LogP contribution is -2.35. The standard InChI is InChI=1S/C25H26N6O5S/c1-5-35-23(32)19-22(27-20-14(2)13-31(4)28-20)37-21(26-19)16-8-6-7-15(11-16)17-12-18(36-29-17)25(34)9-10-30(3)24(25)33/h6-8,11-13,34H,5,9-10H2,1-4H3,(H,27,28)/t25-/m1/s1. The summed E-state index contributed by atoms with van der Waals surface area (Å²) in [5.74, 6) is -0.213. The van der Waals surface area contributed by atoms with Crippen molar-refractivity contribution >= 4 is 34.0 Å². The van der Waals surface area contributed by atoms with Crippen molar-refractivity contribution < 1.29 is 24.0 Å². The topological polar surface area (TPSA) is 136 Å². The number of likely N-dealkylation sites (tertiary alicyclic amines) is 1. The second-order valence-corrected chi connectivity index (χ2v) is 9.87. The molecule has 2 N–H and O–H groups in total. The summed E-state index contributed by atoms with van der Waals surface area (Å²) in [6.07, 6.45) is 2.11. The second-order valence-electron chi connectivity index (χ2n) is 8.87. The number of likely N-dealkylation sites (N-methyl/N-ethyl adjacent to an activating group) is 1. The fourth-order valence-corrected chi connectivity index (χ4v) is 5.15.